The third-order valence-corrected chi connectivity index (χ3v) is 2.81. The number of nitrogen functional groups attached to an aromatic ring is 1. The van der Waals surface area contributed by atoms with Gasteiger partial charge in [-0.2, -0.15) is 0 Å². The summed E-state index contributed by atoms with van der Waals surface area (Å²) in [4.78, 5) is 11.9. The van der Waals surface area contributed by atoms with Crippen LogP contribution in [0.15, 0.2) is 12.1 Å². The average molecular weight is 272 g/mol. The smallest absolute Gasteiger partial charge is 0.251 e. The van der Waals surface area contributed by atoms with E-state index in [1.165, 1.54) is 7.11 Å². The van der Waals surface area contributed by atoms with Crippen molar-refractivity contribution in [3.63, 3.8) is 0 Å². The molecule has 0 saturated carbocycles. The Morgan fingerprint density at radius 3 is 2.32 bits per heavy atom. The summed E-state index contributed by atoms with van der Waals surface area (Å²) in [5.74, 6) is -2.32. The highest BCUT2D eigenvalue weighted by atomic mass is 19.1. The number of nitrogens with one attached hydrogen (secondary N) is 1. The van der Waals surface area contributed by atoms with E-state index in [-0.39, 0.29) is 17.5 Å². The Morgan fingerprint density at radius 2 is 1.89 bits per heavy atom. The van der Waals surface area contributed by atoms with E-state index in [0.29, 0.717) is 6.61 Å². The second-order valence-electron chi connectivity index (χ2n) is 4.63. The van der Waals surface area contributed by atoms with Gasteiger partial charge in [0.25, 0.3) is 5.91 Å². The lowest BCUT2D eigenvalue weighted by atomic mass is 10.0. The zero-order valence-electron chi connectivity index (χ0n) is 11.2. The van der Waals surface area contributed by atoms with Crippen molar-refractivity contribution < 1.29 is 18.3 Å². The minimum atomic E-state index is -0.946. The summed E-state index contributed by atoms with van der Waals surface area (Å²) in [7, 11) is 1.52. The molecule has 0 saturated heterocycles. The number of amides is 1. The minimum Gasteiger partial charge on any atom is -0.394 e. The summed E-state index contributed by atoms with van der Waals surface area (Å²) >= 11 is 0. The molecule has 1 aromatic rings. The lowest BCUT2D eigenvalue weighted by Crippen LogP contribution is -2.41. The van der Waals surface area contributed by atoms with Crippen LogP contribution in [0.3, 0.4) is 0 Å². The fourth-order valence-electron chi connectivity index (χ4n) is 1.55. The van der Waals surface area contributed by atoms with Gasteiger partial charge in [0, 0.05) is 12.7 Å². The van der Waals surface area contributed by atoms with Gasteiger partial charge < -0.3 is 15.8 Å². The third kappa shape index (κ3) is 3.89. The van der Waals surface area contributed by atoms with Crippen LogP contribution in [0.5, 0.6) is 0 Å². The van der Waals surface area contributed by atoms with E-state index in [9.17, 15) is 13.6 Å². The van der Waals surface area contributed by atoms with Crippen LogP contribution in [-0.4, -0.2) is 25.7 Å². The summed E-state index contributed by atoms with van der Waals surface area (Å²) in [6.07, 6.45) is 0. The number of nitrogens with two attached hydrogens (primary N) is 1. The highest BCUT2D eigenvalue weighted by Gasteiger charge is 2.19. The fourth-order valence-corrected chi connectivity index (χ4v) is 1.55. The quantitative estimate of drug-likeness (QED) is 0.805. The third-order valence-electron chi connectivity index (χ3n) is 2.81. The van der Waals surface area contributed by atoms with E-state index in [1.54, 1.807) is 0 Å². The second-order valence-corrected chi connectivity index (χ2v) is 4.63. The van der Waals surface area contributed by atoms with Crippen molar-refractivity contribution in [3.8, 4) is 0 Å². The van der Waals surface area contributed by atoms with Crippen molar-refractivity contribution in [2.45, 2.75) is 19.9 Å². The molecule has 3 N–H and O–H groups in total. The first-order chi connectivity index (χ1) is 8.86. The van der Waals surface area contributed by atoms with Crippen molar-refractivity contribution in [1.82, 2.24) is 5.32 Å². The molecule has 0 spiro atoms. The number of carbonyl (C=O) groups excluding carboxylic acids is 1. The van der Waals surface area contributed by atoms with E-state index >= 15 is 0 Å². The van der Waals surface area contributed by atoms with Crippen LogP contribution in [0.1, 0.15) is 24.2 Å². The molecule has 1 unspecified atom stereocenters. The van der Waals surface area contributed by atoms with Crippen molar-refractivity contribution >= 4 is 11.6 Å². The van der Waals surface area contributed by atoms with Crippen LogP contribution in [0, 0.1) is 17.6 Å². The molecule has 0 fully saturated rings. The molecule has 0 heterocycles. The van der Waals surface area contributed by atoms with Gasteiger partial charge in [-0.05, 0) is 18.1 Å². The van der Waals surface area contributed by atoms with E-state index in [1.807, 2.05) is 13.8 Å². The maximum Gasteiger partial charge on any atom is 0.251 e. The Labute approximate surface area is 110 Å². The topological polar surface area (TPSA) is 64.3 Å². The lowest BCUT2D eigenvalue weighted by molar-refractivity contribution is 0.0866. The van der Waals surface area contributed by atoms with E-state index in [0.717, 1.165) is 12.1 Å². The van der Waals surface area contributed by atoms with Gasteiger partial charge in [0.15, 0.2) is 0 Å². The number of benzene rings is 1. The second kappa shape index (κ2) is 6.47. The van der Waals surface area contributed by atoms with Gasteiger partial charge in [-0.25, -0.2) is 8.78 Å². The summed E-state index contributed by atoms with van der Waals surface area (Å²) in [6, 6.07) is 1.59. The summed E-state index contributed by atoms with van der Waals surface area (Å²) in [6.45, 7) is 4.14. The van der Waals surface area contributed by atoms with Crippen LogP contribution in [0.2, 0.25) is 0 Å². The first-order valence-electron chi connectivity index (χ1n) is 5.91. The number of carbonyl (C=O) groups is 1. The molecule has 4 nitrogen and oxygen atoms in total. The summed E-state index contributed by atoms with van der Waals surface area (Å²) < 4.78 is 31.5. The number of rotatable bonds is 5. The molecular formula is C13H18F2N2O2. The van der Waals surface area contributed by atoms with Crippen LogP contribution in [0.25, 0.3) is 0 Å². The number of hydrogen-bond acceptors (Lipinski definition) is 3. The Morgan fingerprint density at radius 1 is 1.37 bits per heavy atom. The van der Waals surface area contributed by atoms with Gasteiger partial charge in [-0.15, -0.1) is 0 Å². The van der Waals surface area contributed by atoms with Gasteiger partial charge >= 0.3 is 0 Å². The molecule has 1 amide bonds. The average Bonchev–Trinajstić information content (AvgIpc) is 2.34. The monoisotopic (exact) mass is 272 g/mol. The Balaban J connectivity index is 2.88. The van der Waals surface area contributed by atoms with Gasteiger partial charge in [0.2, 0.25) is 0 Å². The number of anilines is 1. The molecule has 106 valence electrons. The number of methoxy groups -OCH3 is 1. The predicted octanol–water partition coefficient (Wildman–Crippen LogP) is 1.95. The molecule has 0 aromatic heterocycles. The molecule has 0 aliphatic carbocycles. The Hall–Kier alpha value is -1.69. The Bertz CT molecular complexity index is 441. The van der Waals surface area contributed by atoms with Crippen LogP contribution >= 0.6 is 0 Å². The molecule has 6 heteroatoms. The van der Waals surface area contributed by atoms with E-state index < -0.39 is 23.2 Å². The van der Waals surface area contributed by atoms with Gasteiger partial charge in [0.05, 0.1) is 12.6 Å². The summed E-state index contributed by atoms with van der Waals surface area (Å²) in [5.41, 5.74) is 4.45. The molecule has 0 radical (unpaired) electrons. The highest BCUT2D eigenvalue weighted by Crippen LogP contribution is 2.17. The number of halogens is 2. The predicted molar refractivity (Wildman–Crippen MR) is 68.7 cm³/mol. The van der Waals surface area contributed by atoms with Crippen molar-refractivity contribution in [1.29, 1.82) is 0 Å². The van der Waals surface area contributed by atoms with Crippen molar-refractivity contribution in [2.75, 3.05) is 19.5 Å². The van der Waals surface area contributed by atoms with Crippen LogP contribution < -0.4 is 11.1 Å². The molecule has 1 atom stereocenters. The molecule has 0 aliphatic heterocycles. The minimum absolute atomic E-state index is 0.106. The maximum atomic E-state index is 13.3. The normalized spacial score (nSPS) is 12.5. The van der Waals surface area contributed by atoms with Crippen LogP contribution in [0.4, 0.5) is 14.5 Å². The molecule has 0 aliphatic rings. The van der Waals surface area contributed by atoms with Crippen molar-refractivity contribution in [2.24, 2.45) is 5.92 Å². The molecule has 0 bridgehead atoms. The first-order valence-corrected chi connectivity index (χ1v) is 5.91. The zero-order valence-corrected chi connectivity index (χ0v) is 11.2. The van der Waals surface area contributed by atoms with Crippen molar-refractivity contribution in [3.05, 3.63) is 29.3 Å². The maximum absolute atomic E-state index is 13.3. The largest absolute Gasteiger partial charge is 0.394 e. The highest BCUT2D eigenvalue weighted by molar-refractivity contribution is 5.94. The molecule has 1 aromatic carbocycles. The summed E-state index contributed by atoms with van der Waals surface area (Å²) in [5, 5.41) is 2.67. The molecule has 19 heavy (non-hydrogen) atoms. The first kappa shape index (κ1) is 15.4. The standard InChI is InChI=1S/C13H18F2N2O2/c1-7(2)11(6-19-3)17-13(18)8-4-9(14)12(16)10(15)5-8/h4-5,7,11H,6,16H2,1-3H3,(H,17,18). The fraction of sp³-hybridized carbons (Fsp3) is 0.462. The van der Waals surface area contributed by atoms with Crippen LogP contribution in [-0.2, 0) is 4.74 Å². The molecular weight excluding hydrogens is 254 g/mol. The Kier molecular flexibility index (Phi) is 5.23. The van der Waals surface area contributed by atoms with Gasteiger partial charge in [-0.1, -0.05) is 13.8 Å². The van der Waals surface area contributed by atoms with E-state index in [2.05, 4.69) is 5.32 Å². The van der Waals surface area contributed by atoms with E-state index in [4.69, 9.17) is 10.5 Å². The SMILES string of the molecule is COCC(NC(=O)c1cc(F)c(N)c(F)c1)C(C)C. The zero-order chi connectivity index (χ0) is 14.6. The lowest BCUT2D eigenvalue weighted by Gasteiger charge is -2.21. The van der Waals surface area contributed by atoms with Gasteiger partial charge in [-0.3, -0.25) is 4.79 Å². The number of hydrogen-bond donors (Lipinski definition) is 2. The number of ether oxygens (including phenoxy) is 1. The molecule has 1 rings (SSSR count). The van der Waals surface area contributed by atoms with Gasteiger partial charge in [0.1, 0.15) is 17.3 Å².